The number of sulfonamides is 1. The highest BCUT2D eigenvalue weighted by molar-refractivity contribution is 7.92. The second-order valence-corrected chi connectivity index (χ2v) is 10.1. The molecule has 8 heteroatoms. The molecule has 7 nitrogen and oxygen atoms in total. The predicted octanol–water partition coefficient (Wildman–Crippen LogP) is 3.76. The molecule has 3 aromatic carbocycles. The minimum Gasteiger partial charge on any atom is -0.491 e. The fourth-order valence-corrected chi connectivity index (χ4v) is 5.26. The van der Waals surface area contributed by atoms with E-state index in [4.69, 9.17) is 9.47 Å². The van der Waals surface area contributed by atoms with E-state index in [0.29, 0.717) is 11.4 Å². The van der Waals surface area contributed by atoms with Gasteiger partial charge in [0.15, 0.2) is 6.10 Å². The largest absolute Gasteiger partial charge is 0.491 e. The number of benzene rings is 3. The maximum absolute atomic E-state index is 13.4. The number of amides is 1. The Morgan fingerprint density at radius 1 is 1.06 bits per heavy atom. The zero-order valence-electron chi connectivity index (χ0n) is 19.4. The van der Waals surface area contributed by atoms with Crippen molar-refractivity contribution in [2.75, 3.05) is 24.0 Å². The molecule has 4 rings (SSSR count). The predicted molar refractivity (Wildman–Crippen MR) is 131 cm³/mol. The van der Waals surface area contributed by atoms with Crippen molar-refractivity contribution >= 4 is 21.6 Å². The Morgan fingerprint density at radius 3 is 2.59 bits per heavy atom. The second-order valence-electron chi connectivity index (χ2n) is 8.26. The number of ether oxygens (including phenoxy) is 2. The smallest absolute Gasteiger partial charge is 0.264 e. The molecule has 34 heavy (non-hydrogen) atoms. The van der Waals surface area contributed by atoms with Crippen LogP contribution >= 0.6 is 0 Å². The molecule has 0 spiro atoms. The zero-order chi connectivity index (χ0) is 24.3. The van der Waals surface area contributed by atoms with Crippen LogP contribution in [-0.2, 0) is 14.8 Å². The first kappa shape index (κ1) is 23.6. The van der Waals surface area contributed by atoms with Crippen molar-refractivity contribution in [1.29, 1.82) is 0 Å². The molecule has 1 aliphatic rings. The summed E-state index contributed by atoms with van der Waals surface area (Å²) in [5.41, 5.74) is 3.50. The summed E-state index contributed by atoms with van der Waals surface area (Å²) in [5, 5.41) is 2.80. The Morgan fingerprint density at radius 2 is 1.82 bits per heavy atom. The lowest BCUT2D eigenvalue weighted by atomic mass is 10.1. The van der Waals surface area contributed by atoms with E-state index in [1.807, 2.05) is 45.0 Å². The maximum atomic E-state index is 13.4. The fraction of sp³-hybridized carbons (Fsp3) is 0.269. The minimum atomic E-state index is -3.88. The minimum absolute atomic E-state index is 0.128. The van der Waals surface area contributed by atoms with Crippen LogP contribution in [0.3, 0.4) is 0 Å². The molecule has 1 atom stereocenters. The summed E-state index contributed by atoms with van der Waals surface area (Å²) < 4.78 is 39.8. The number of hydrogen-bond donors (Lipinski definition) is 1. The van der Waals surface area contributed by atoms with E-state index >= 15 is 0 Å². The lowest BCUT2D eigenvalue weighted by Gasteiger charge is -2.35. The third kappa shape index (κ3) is 4.87. The standard InChI is InChI=1S/C26H28N2O5S/c1-18-12-13-24-22(16-18)28(34(30,31)21-9-5-4-6-10-21)17-25(33-24)26(29)27-14-15-32-23-11-7-8-19(2)20(23)3/h4-13,16,25H,14-15,17H2,1-3H3,(H,27,29)/t25-/m0/s1. The van der Waals surface area contributed by atoms with Gasteiger partial charge < -0.3 is 14.8 Å². The van der Waals surface area contributed by atoms with Gasteiger partial charge in [-0.3, -0.25) is 9.10 Å². The van der Waals surface area contributed by atoms with Crippen LogP contribution in [-0.4, -0.2) is 40.1 Å². The van der Waals surface area contributed by atoms with Crippen LogP contribution in [0.5, 0.6) is 11.5 Å². The molecule has 0 radical (unpaired) electrons. The van der Waals surface area contributed by atoms with Crippen LogP contribution in [0.25, 0.3) is 0 Å². The average Bonchev–Trinajstić information content (AvgIpc) is 2.84. The van der Waals surface area contributed by atoms with Crippen molar-refractivity contribution in [1.82, 2.24) is 5.32 Å². The molecule has 1 amide bonds. The van der Waals surface area contributed by atoms with E-state index in [0.717, 1.165) is 22.4 Å². The summed E-state index contributed by atoms with van der Waals surface area (Å²) >= 11 is 0. The molecule has 0 aromatic heterocycles. The van der Waals surface area contributed by atoms with Gasteiger partial charge in [-0.1, -0.05) is 36.4 Å². The Balaban J connectivity index is 1.48. The van der Waals surface area contributed by atoms with Crippen molar-refractivity contribution in [3.05, 3.63) is 83.4 Å². The van der Waals surface area contributed by atoms with Gasteiger partial charge in [-0.25, -0.2) is 8.42 Å². The number of rotatable bonds is 7. The van der Waals surface area contributed by atoms with Gasteiger partial charge in [0, 0.05) is 0 Å². The summed E-state index contributed by atoms with van der Waals surface area (Å²) in [7, 11) is -3.88. The maximum Gasteiger partial charge on any atom is 0.264 e. The van der Waals surface area contributed by atoms with Gasteiger partial charge in [0.1, 0.15) is 18.1 Å². The Hall–Kier alpha value is -3.52. The quantitative estimate of drug-likeness (QED) is 0.521. The summed E-state index contributed by atoms with van der Waals surface area (Å²) in [6.07, 6.45) is -0.991. The van der Waals surface area contributed by atoms with Crippen molar-refractivity contribution in [3.8, 4) is 11.5 Å². The van der Waals surface area contributed by atoms with Gasteiger partial charge in [0.25, 0.3) is 15.9 Å². The molecule has 1 aliphatic heterocycles. The number of anilines is 1. The molecule has 0 saturated heterocycles. The molecule has 0 fully saturated rings. The lowest BCUT2D eigenvalue weighted by Crippen LogP contribution is -2.51. The van der Waals surface area contributed by atoms with Crippen LogP contribution < -0.4 is 19.1 Å². The molecule has 1 heterocycles. The highest BCUT2D eigenvalue weighted by atomic mass is 32.2. The fourth-order valence-electron chi connectivity index (χ4n) is 3.77. The second kappa shape index (κ2) is 9.77. The summed E-state index contributed by atoms with van der Waals surface area (Å²) in [4.78, 5) is 13.1. The van der Waals surface area contributed by atoms with Crippen LogP contribution in [0.2, 0.25) is 0 Å². The number of nitrogens with zero attached hydrogens (tertiary/aromatic N) is 1. The van der Waals surface area contributed by atoms with Crippen molar-refractivity contribution in [3.63, 3.8) is 0 Å². The average molecular weight is 481 g/mol. The molecule has 0 unspecified atom stereocenters. The first-order chi connectivity index (χ1) is 16.3. The topological polar surface area (TPSA) is 84.9 Å². The lowest BCUT2D eigenvalue weighted by molar-refractivity contribution is -0.127. The van der Waals surface area contributed by atoms with Crippen molar-refractivity contribution < 1.29 is 22.7 Å². The first-order valence-electron chi connectivity index (χ1n) is 11.1. The van der Waals surface area contributed by atoms with Gasteiger partial charge in [-0.2, -0.15) is 0 Å². The van der Waals surface area contributed by atoms with Gasteiger partial charge in [-0.15, -0.1) is 0 Å². The molecule has 0 aliphatic carbocycles. The Labute approximate surface area is 200 Å². The molecular formula is C26H28N2O5S. The summed E-state index contributed by atoms with van der Waals surface area (Å²) in [5.74, 6) is 0.722. The summed E-state index contributed by atoms with van der Waals surface area (Å²) in [6.45, 7) is 6.29. The van der Waals surface area contributed by atoms with Crippen molar-refractivity contribution in [2.24, 2.45) is 0 Å². The normalized spacial score (nSPS) is 15.3. The SMILES string of the molecule is Cc1ccc2c(c1)N(S(=O)(=O)c1ccccc1)C[C@@H](C(=O)NCCOc1cccc(C)c1C)O2. The number of fused-ring (bicyclic) bond motifs is 1. The summed E-state index contributed by atoms with van der Waals surface area (Å²) in [6, 6.07) is 19.3. The van der Waals surface area contributed by atoms with Gasteiger partial charge >= 0.3 is 0 Å². The monoisotopic (exact) mass is 480 g/mol. The molecular weight excluding hydrogens is 452 g/mol. The van der Waals surface area contributed by atoms with E-state index in [-0.39, 0.29) is 24.6 Å². The molecule has 178 valence electrons. The molecule has 0 saturated carbocycles. The van der Waals surface area contributed by atoms with Gasteiger partial charge in [-0.05, 0) is 67.8 Å². The van der Waals surface area contributed by atoms with Crippen LogP contribution in [0, 0.1) is 20.8 Å². The van der Waals surface area contributed by atoms with Crippen LogP contribution in [0.15, 0.2) is 71.6 Å². The third-order valence-corrected chi connectivity index (χ3v) is 7.62. The van der Waals surface area contributed by atoms with Crippen LogP contribution in [0.4, 0.5) is 5.69 Å². The number of aryl methyl sites for hydroxylation is 2. The van der Waals surface area contributed by atoms with E-state index < -0.39 is 22.0 Å². The van der Waals surface area contributed by atoms with E-state index in [9.17, 15) is 13.2 Å². The molecule has 1 N–H and O–H groups in total. The van der Waals surface area contributed by atoms with E-state index in [1.54, 1.807) is 42.5 Å². The van der Waals surface area contributed by atoms with Gasteiger partial charge in [0.2, 0.25) is 0 Å². The number of hydrogen-bond acceptors (Lipinski definition) is 5. The number of carbonyl (C=O) groups is 1. The third-order valence-electron chi connectivity index (χ3n) is 5.82. The van der Waals surface area contributed by atoms with E-state index in [2.05, 4.69) is 5.32 Å². The highest BCUT2D eigenvalue weighted by Gasteiger charge is 2.37. The van der Waals surface area contributed by atoms with E-state index in [1.165, 1.54) is 4.31 Å². The number of carbonyl (C=O) groups excluding carboxylic acids is 1. The Bertz CT molecular complexity index is 1290. The molecule has 0 bridgehead atoms. The number of nitrogens with one attached hydrogen (secondary N) is 1. The van der Waals surface area contributed by atoms with Gasteiger partial charge in [0.05, 0.1) is 23.7 Å². The highest BCUT2D eigenvalue weighted by Crippen LogP contribution is 2.37. The molecule has 3 aromatic rings. The van der Waals surface area contributed by atoms with Crippen LogP contribution in [0.1, 0.15) is 16.7 Å². The Kier molecular flexibility index (Phi) is 6.79. The zero-order valence-corrected chi connectivity index (χ0v) is 20.3. The first-order valence-corrected chi connectivity index (χ1v) is 12.5. The van der Waals surface area contributed by atoms with Crippen molar-refractivity contribution in [2.45, 2.75) is 31.8 Å².